The second-order valence-electron chi connectivity index (χ2n) is 6.52. The molecule has 5 heteroatoms. The van der Waals surface area contributed by atoms with Crippen molar-refractivity contribution in [3.05, 3.63) is 96.6 Å². The van der Waals surface area contributed by atoms with Crippen LogP contribution in [-0.4, -0.2) is 14.5 Å². The minimum Gasteiger partial charge on any atom is -0.489 e. The number of imidazole rings is 1. The molecule has 0 saturated heterocycles. The first-order valence-corrected chi connectivity index (χ1v) is 8.97. The minimum absolute atomic E-state index is 0.333. The minimum atomic E-state index is -0.333. The molecule has 0 aliphatic heterocycles. The van der Waals surface area contributed by atoms with Crippen molar-refractivity contribution in [3.8, 4) is 11.6 Å². The summed E-state index contributed by atoms with van der Waals surface area (Å²) in [7, 11) is 0. The lowest BCUT2D eigenvalue weighted by molar-refractivity contribution is 0.306. The summed E-state index contributed by atoms with van der Waals surface area (Å²) in [4.78, 5) is 8.94. The third kappa shape index (κ3) is 2.97. The van der Waals surface area contributed by atoms with E-state index >= 15 is 0 Å². The molecule has 2 aromatic heterocycles. The highest BCUT2D eigenvalue weighted by Gasteiger charge is 2.09. The zero-order chi connectivity index (χ0) is 18.9. The Balaban J connectivity index is 1.47. The van der Waals surface area contributed by atoms with Gasteiger partial charge in [-0.2, -0.15) is 0 Å². The molecule has 0 aliphatic rings. The van der Waals surface area contributed by atoms with Crippen molar-refractivity contribution in [2.24, 2.45) is 0 Å². The molecule has 136 valence electrons. The van der Waals surface area contributed by atoms with Crippen LogP contribution in [0.1, 0.15) is 5.56 Å². The highest BCUT2D eigenvalue weighted by molar-refractivity contribution is 5.82. The predicted molar refractivity (Wildman–Crippen MR) is 107 cm³/mol. The van der Waals surface area contributed by atoms with Crippen LogP contribution in [0.25, 0.3) is 27.8 Å². The number of nitrogens with zero attached hydrogens (tertiary/aromatic N) is 3. The Kier molecular flexibility index (Phi) is 3.98. The molecule has 5 aromatic rings. The van der Waals surface area contributed by atoms with Crippen LogP contribution in [0.5, 0.6) is 5.75 Å². The van der Waals surface area contributed by atoms with Gasteiger partial charge in [-0.15, -0.1) is 0 Å². The second-order valence-corrected chi connectivity index (χ2v) is 6.52. The number of halogens is 1. The monoisotopic (exact) mass is 369 g/mol. The summed E-state index contributed by atoms with van der Waals surface area (Å²) in [6.45, 7) is 0.499. The van der Waals surface area contributed by atoms with Gasteiger partial charge in [-0.25, -0.2) is 14.4 Å². The molecular weight excluding hydrogens is 353 g/mol. The van der Waals surface area contributed by atoms with E-state index in [9.17, 15) is 4.39 Å². The first-order valence-electron chi connectivity index (χ1n) is 8.97. The summed E-state index contributed by atoms with van der Waals surface area (Å²) in [6, 6.07) is 24.4. The van der Waals surface area contributed by atoms with E-state index < -0.39 is 0 Å². The number of benzene rings is 3. The Morgan fingerprint density at radius 1 is 0.893 bits per heavy atom. The number of hydrogen-bond acceptors (Lipinski definition) is 3. The van der Waals surface area contributed by atoms with E-state index in [4.69, 9.17) is 4.74 Å². The fraction of sp³-hybridized carbons (Fsp3) is 0.0435. The molecule has 2 heterocycles. The van der Waals surface area contributed by atoms with Crippen LogP contribution in [0.4, 0.5) is 4.39 Å². The molecule has 0 spiro atoms. The number of para-hydroxylation sites is 1. The van der Waals surface area contributed by atoms with Gasteiger partial charge in [0, 0.05) is 11.5 Å². The van der Waals surface area contributed by atoms with Crippen molar-refractivity contribution in [3.63, 3.8) is 0 Å². The molecule has 0 atom stereocenters. The molecule has 5 rings (SSSR count). The summed E-state index contributed by atoms with van der Waals surface area (Å²) >= 11 is 0. The number of hydrogen-bond donors (Lipinski definition) is 0. The van der Waals surface area contributed by atoms with Gasteiger partial charge in [-0.1, -0.05) is 42.5 Å². The summed E-state index contributed by atoms with van der Waals surface area (Å²) in [5, 5.41) is 0.768. The fourth-order valence-electron chi connectivity index (χ4n) is 3.24. The van der Waals surface area contributed by atoms with Gasteiger partial charge in [-0.3, -0.25) is 4.57 Å². The topological polar surface area (TPSA) is 39.9 Å². The predicted octanol–water partition coefficient (Wildman–Crippen LogP) is 5.29. The largest absolute Gasteiger partial charge is 0.489 e. The SMILES string of the molecule is Fc1cccc2ccc(-n3cnc4cc(OCc5ccccc5)ccc43)nc12. The van der Waals surface area contributed by atoms with Gasteiger partial charge in [0.1, 0.15) is 35.8 Å². The van der Waals surface area contributed by atoms with Crippen LogP contribution in [0.15, 0.2) is 85.2 Å². The Morgan fingerprint density at radius 3 is 2.68 bits per heavy atom. The van der Waals surface area contributed by atoms with Crippen LogP contribution >= 0.6 is 0 Å². The van der Waals surface area contributed by atoms with Crippen molar-refractivity contribution in [2.45, 2.75) is 6.61 Å². The zero-order valence-corrected chi connectivity index (χ0v) is 14.9. The number of rotatable bonds is 4. The molecule has 0 radical (unpaired) electrons. The van der Waals surface area contributed by atoms with E-state index in [1.807, 2.05) is 71.3 Å². The lowest BCUT2D eigenvalue weighted by Gasteiger charge is -2.08. The van der Waals surface area contributed by atoms with Gasteiger partial charge < -0.3 is 4.74 Å². The molecule has 28 heavy (non-hydrogen) atoms. The molecule has 0 fully saturated rings. The van der Waals surface area contributed by atoms with E-state index in [2.05, 4.69) is 9.97 Å². The van der Waals surface area contributed by atoms with Crippen LogP contribution in [-0.2, 0) is 6.61 Å². The van der Waals surface area contributed by atoms with Gasteiger partial charge in [0.25, 0.3) is 0 Å². The van der Waals surface area contributed by atoms with E-state index in [1.54, 1.807) is 12.4 Å². The van der Waals surface area contributed by atoms with Crippen molar-refractivity contribution in [2.75, 3.05) is 0 Å². The Hall–Kier alpha value is -3.73. The van der Waals surface area contributed by atoms with Crippen molar-refractivity contribution in [1.29, 1.82) is 0 Å². The molecule has 0 saturated carbocycles. The fourth-order valence-corrected chi connectivity index (χ4v) is 3.24. The smallest absolute Gasteiger partial charge is 0.149 e. The van der Waals surface area contributed by atoms with Crippen molar-refractivity contribution >= 4 is 21.9 Å². The van der Waals surface area contributed by atoms with E-state index in [0.29, 0.717) is 17.9 Å². The summed E-state index contributed by atoms with van der Waals surface area (Å²) in [6.07, 6.45) is 1.70. The maximum Gasteiger partial charge on any atom is 0.149 e. The average Bonchev–Trinajstić information content (AvgIpc) is 3.16. The van der Waals surface area contributed by atoms with Crippen LogP contribution in [0.2, 0.25) is 0 Å². The maximum atomic E-state index is 14.1. The van der Waals surface area contributed by atoms with Crippen LogP contribution in [0.3, 0.4) is 0 Å². The Morgan fingerprint density at radius 2 is 1.79 bits per heavy atom. The third-order valence-electron chi connectivity index (χ3n) is 4.67. The average molecular weight is 369 g/mol. The number of aromatic nitrogens is 3. The molecule has 0 bridgehead atoms. The third-order valence-corrected chi connectivity index (χ3v) is 4.67. The highest BCUT2D eigenvalue weighted by Crippen LogP contribution is 2.24. The van der Waals surface area contributed by atoms with Crippen LogP contribution in [0, 0.1) is 5.82 Å². The van der Waals surface area contributed by atoms with Crippen LogP contribution < -0.4 is 4.74 Å². The molecule has 0 N–H and O–H groups in total. The van der Waals surface area contributed by atoms with E-state index in [-0.39, 0.29) is 5.82 Å². The molecule has 0 amide bonds. The maximum absolute atomic E-state index is 14.1. The van der Waals surface area contributed by atoms with E-state index in [1.165, 1.54) is 6.07 Å². The Labute approximate surface area is 160 Å². The summed E-state index contributed by atoms with van der Waals surface area (Å²) < 4.78 is 21.8. The molecule has 0 unspecified atom stereocenters. The quantitative estimate of drug-likeness (QED) is 0.432. The van der Waals surface area contributed by atoms with Gasteiger partial charge in [0.2, 0.25) is 0 Å². The lowest BCUT2D eigenvalue weighted by Crippen LogP contribution is -1.97. The van der Waals surface area contributed by atoms with Gasteiger partial charge in [0.15, 0.2) is 0 Å². The summed E-state index contributed by atoms with van der Waals surface area (Å²) in [5.74, 6) is 1.04. The van der Waals surface area contributed by atoms with Gasteiger partial charge in [0.05, 0.1) is 11.0 Å². The lowest BCUT2D eigenvalue weighted by atomic mass is 10.2. The van der Waals surface area contributed by atoms with Gasteiger partial charge in [-0.05, 0) is 35.9 Å². The second kappa shape index (κ2) is 6.78. The first-order chi connectivity index (χ1) is 13.8. The van der Waals surface area contributed by atoms with Crippen molar-refractivity contribution < 1.29 is 9.13 Å². The normalized spacial score (nSPS) is 11.2. The highest BCUT2D eigenvalue weighted by atomic mass is 19.1. The molecule has 0 aliphatic carbocycles. The number of pyridine rings is 1. The zero-order valence-electron chi connectivity index (χ0n) is 14.9. The molecule has 4 nitrogen and oxygen atoms in total. The standard InChI is InChI=1S/C23H16FN3O/c24-19-8-4-7-17-9-12-22(26-23(17)19)27-15-25-20-13-18(10-11-21(20)27)28-14-16-5-2-1-3-6-16/h1-13,15H,14H2. The van der Waals surface area contributed by atoms with E-state index in [0.717, 1.165) is 27.7 Å². The molecule has 3 aromatic carbocycles. The number of ether oxygens (including phenoxy) is 1. The first kappa shape index (κ1) is 16.4. The van der Waals surface area contributed by atoms with Crippen molar-refractivity contribution in [1.82, 2.24) is 14.5 Å². The Bertz CT molecular complexity index is 1280. The molecular formula is C23H16FN3O. The number of fused-ring (bicyclic) bond motifs is 2. The van der Waals surface area contributed by atoms with Gasteiger partial charge >= 0.3 is 0 Å². The summed E-state index contributed by atoms with van der Waals surface area (Å²) in [5.41, 5.74) is 3.14.